The first-order chi connectivity index (χ1) is 22.4. The van der Waals surface area contributed by atoms with Crippen molar-refractivity contribution in [2.24, 2.45) is 0 Å². The molecule has 5 heterocycles. The first-order valence-corrected chi connectivity index (χ1v) is 15.1. The van der Waals surface area contributed by atoms with Crippen molar-refractivity contribution in [3.05, 3.63) is 66.1 Å². The van der Waals surface area contributed by atoms with Crippen molar-refractivity contribution in [2.45, 2.75) is 31.0 Å². The average molecular weight is 630 g/mol. The largest absolute Gasteiger partial charge is 0.467 e. The molecule has 3 saturated heterocycles. The summed E-state index contributed by atoms with van der Waals surface area (Å²) in [5, 5.41) is 10.2. The summed E-state index contributed by atoms with van der Waals surface area (Å²) in [6.07, 6.45) is 6.05. The molecule has 2 unspecified atom stereocenters. The second kappa shape index (κ2) is 12.2. The van der Waals surface area contributed by atoms with Crippen LogP contribution in [0, 0.1) is 28.8 Å². The molecular weight excluding hydrogens is 599 g/mol. The van der Waals surface area contributed by atoms with Gasteiger partial charge in [-0.1, -0.05) is 30.3 Å². The Morgan fingerprint density at radius 1 is 1.13 bits per heavy atom. The Morgan fingerprint density at radius 3 is 2.72 bits per heavy atom. The Kier molecular flexibility index (Phi) is 7.92. The molecule has 7 rings (SSSR count). The molecule has 13 heteroatoms. The van der Waals surface area contributed by atoms with E-state index in [2.05, 4.69) is 25.9 Å². The lowest BCUT2D eigenvalue weighted by Crippen LogP contribution is -2.63. The van der Waals surface area contributed by atoms with Crippen LogP contribution in [-0.2, 0) is 9.53 Å². The summed E-state index contributed by atoms with van der Waals surface area (Å²) in [5.74, 6) is -2.85. The van der Waals surface area contributed by atoms with E-state index in [9.17, 15) is 18.8 Å². The van der Waals surface area contributed by atoms with E-state index in [1.165, 1.54) is 25.4 Å². The number of carbonyl (C=O) groups excluding carboxylic acids is 1. The van der Waals surface area contributed by atoms with Gasteiger partial charge in [0.05, 0.1) is 44.2 Å². The predicted molar refractivity (Wildman–Crippen MR) is 164 cm³/mol. The molecule has 10 nitrogen and oxygen atoms in total. The zero-order chi connectivity index (χ0) is 31.9. The molecular formula is C33H30F3N7O3. The highest BCUT2D eigenvalue weighted by atomic mass is 19.2. The fourth-order valence-corrected chi connectivity index (χ4v) is 6.75. The lowest BCUT2D eigenvalue weighted by molar-refractivity contribution is -0.129. The van der Waals surface area contributed by atoms with Gasteiger partial charge in [-0.15, -0.1) is 0 Å². The molecule has 236 valence electrons. The zero-order valence-electron chi connectivity index (χ0n) is 25.0. The SMILES string of the molecule is COc1nc(N2CCN(C(=O)/C=C/CN3C4COCC3C4)[C@@H](CC#N)C2)c2cnc(-c3cccc4ccc(F)c(F)c34)c(F)c2n1. The molecule has 3 aliphatic heterocycles. The lowest BCUT2D eigenvalue weighted by Gasteiger charge is -2.52. The maximum atomic E-state index is 16.3. The fraction of sp³-hybridized carbons (Fsp3) is 0.364. The summed E-state index contributed by atoms with van der Waals surface area (Å²) in [7, 11) is 1.36. The highest BCUT2D eigenvalue weighted by Crippen LogP contribution is 2.37. The minimum absolute atomic E-state index is 0.0768. The van der Waals surface area contributed by atoms with Crippen LogP contribution in [-0.4, -0.2) is 95.3 Å². The minimum Gasteiger partial charge on any atom is -0.467 e. The van der Waals surface area contributed by atoms with Gasteiger partial charge in [-0.3, -0.25) is 14.7 Å². The molecule has 1 amide bonds. The maximum absolute atomic E-state index is 16.3. The lowest BCUT2D eigenvalue weighted by atomic mass is 9.91. The van der Waals surface area contributed by atoms with Crippen molar-refractivity contribution in [1.82, 2.24) is 24.8 Å². The molecule has 46 heavy (non-hydrogen) atoms. The number of ether oxygens (including phenoxy) is 2. The van der Waals surface area contributed by atoms with E-state index in [4.69, 9.17) is 9.47 Å². The number of hydrogen-bond acceptors (Lipinski definition) is 9. The first kappa shape index (κ1) is 29.9. The number of anilines is 1. The normalized spacial score (nSPS) is 21.5. The number of halogens is 3. The van der Waals surface area contributed by atoms with Crippen molar-refractivity contribution in [3.8, 4) is 23.3 Å². The van der Waals surface area contributed by atoms with Crippen LogP contribution in [0.1, 0.15) is 12.8 Å². The van der Waals surface area contributed by atoms with Gasteiger partial charge in [0, 0.05) is 61.5 Å². The van der Waals surface area contributed by atoms with E-state index in [0.717, 1.165) is 25.7 Å². The molecule has 3 fully saturated rings. The Labute approximate surface area is 262 Å². The standard InChI is InChI=1S/C33H30F3N7O3/c1-45-33-39-31-24(15-38-30(29(31)36)23-5-2-4-19-7-8-25(34)28(35)27(19)23)32(40-33)41-12-13-43(20(16-41)9-10-37)26(44)6-3-11-42-21-14-22(42)18-46-17-21/h2-8,15,20-22H,9,11-14,16-18H2,1H3/b6-3+/t20-,21?,22?/m0/s1. The number of hydrogen-bond donors (Lipinski definition) is 0. The number of nitriles is 1. The number of fused-ring (bicyclic) bond motifs is 4. The van der Waals surface area contributed by atoms with Crippen LogP contribution in [0.2, 0.25) is 0 Å². The molecule has 2 bridgehead atoms. The molecule has 0 radical (unpaired) electrons. The van der Waals surface area contributed by atoms with E-state index in [0.29, 0.717) is 42.9 Å². The monoisotopic (exact) mass is 629 g/mol. The first-order valence-electron chi connectivity index (χ1n) is 15.1. The number of piperazine rings is 1. The second-order valence-corrected chi connectivity index (χ2v) is 11.7. The molecule has 2 aromatic heterocycles. The topological polar surface area (TPSA) is 108 Å². The van der Waals surface area contributed by atoms with Gasteiger partial charge in [0.2, 0.25) is 5.91 Å². The molecule has 3 atom stereocenters. The summed E-state index contributed by atoms with van der Waals surface area (Å²) >= 11 is 0. The Bertz CT molecular complexity index is 1900. The molecule has 4 aromatic rings. The number of rotatable bonds is 7. The van der Waals surface area contributed by atoms with Crippen LogP contribution in [0.5, 0.6) is 6.01 Å². The van der Waals surface area contributed by atoms with Gasteiger partial charge in [-0.05, 0) is 17.9 Å². The number of benzene rings is 2. The van der Waals surface area contributed by atoms with Gasteiger partial charge in [-0.2, -0.15) is 15.2 Å². The smallest absolute Gasteiger partial charge is 0.318 e. The van der Waals surface area contributed by atoms with Gasteiger partial charge >= 0.3 is 6.01 Å². The third-order valence-corrected chi connectivity index (χ3v) is 9.09. The van der Waals surface area contributed by atoms with Gasteiger partial charge in [0.15, 0.2) is 17.5 Å². The predicted octanol–water partition coefficient (Wildman–Crippen LogP) is 4.23. The van der Waals surface area contributed by atoms with Gasteiger partial charge < -0.3 is 19.3 Å². The van der Waals surface area contributed by atoms with E-state index < -0.39 is 23.5 Å². The number of pyridine rings is 1. The quantitative estimate of drug-likeness (QED) is 0.278. The van der Waals surface area contributed by atoms with Crippen molar-refractivity contribution in [2.75, 3.05) is 51.4 Å². The van der Waals surface area contributed by atoms with Crippen molar-refractivity contribution in [3.63, 3.8) is 0 Å². The minimum atomic E-state index is -1.10. The molecule has 0 spiro atoms. The number of carbonyl (C=O) groups is 1. The fourth-order valence-electron chi connectivity index (χ4n) is 6.75. The molecule has 0 saturated carbocycles. The zero-order valence-corrected chi connectivity index (χ0v) is 25.0. The molecule has 2 aromatic carbocycles. The summed E-state index contributed by atoms with van der Waals surface area (Å²) in [6, 6.07) is 9.56. The van der Waals surface area contributed by atoms with E-state index >= 15 is 4.39 Å². The van der Waals surface area contributed by atoms with Crippen LogP contribution < -0.4 is 9.64 Å². The highest BCUT2D eigenvalue weighted by Gasteiger charge is 2.41. The third-order valence-electron chi connectivity index (χ3n) is 9.09. The number of morpholine rings is 1. The van der Waals surface area contributed by atoms with E-state index in [-0.39, 0.29) is 52.4 Å². The van der Waals surface area contributed by atoms with Gasteiger partial charge in [0.1, 0.15) is 17.0 Å². The molecule has 0 aliphatic carbocycles. The average Bonchev–Trinajstić information content (AvgIpc) is 3.08. The number of nitrogens with zero attached hydrogens (tertiary/aromatic N) is 7. The summed E-state index contributed by atoms with van der Waals surface area (Å²) in [4.78, 5) is 32.2. The van der Waals surface area contributed by atoms with Crippen LogP contribution in [0.25, 0.3) is 32.9 Å². The van der Waals surface area contributed by atoms with E-state index in [1.54, 1.807) is 23.1 Å². The van der Waals surface area contributed by atoms with Crippen molar-refractivity contribution in [1.29, 1.82) is 5.26 Å². The summed E-state index contributed by atoms with van der Waals surface area (Å²) in [6.45, 7) is 3.02. The summed E-state index contributed by atoms with van der Waals surface area (Å²) < 4.78 is 56.2. The highest BCUT2D eigenvalue weighted by molar-refractivity contribution is 5.99. The van der Waals surface area contributed by atoms with Crippen LogP contribution in [0.15, 0.2) is 48.7 Å². The van der Waals surface area contributed by atoms with Crippen LogP contribution in [0.3, 0.4) is 0 Å². The summed E-state index contributed by atoms with van der Waals surface area (Å²) in [5.41, 5.74) is -0.235. The van der Waals surface area contributed by atoms with Gasteiger partial charge in [0.25, 0.3) is 0 Å². The molecule has 0 N–H and O–H groups in total. The number of amides is 1. The number of aromatic nitrogens is 3. The maximum Gasteiger partial charge on any atom is 0.318 e. The number of methoxy groups -OCH3 is 1. The second-order valence-electron chi connectivity index (χ2n) is 11.7. The van der Waals surface area contributed by atoms with Crippen LogP contribution in [0.4, 0.5) is 19.0 Å². The third kappa shape index (κ3) is 5.17. The Hall–Kier alpha value is -4.80. The van der Waals surface area contributed by atoms with E-state index in [1.807, 2.05) is 11.0 Å². The van der Waals surface area contributed by atoms with Crippen LogP contribution >= 0.6 is 0 Å². The Balaban J connectivity index is 1.18. The van der Waals surface area contributed by atoms with Crippen molar-refractivity contribution < 1.29 is 27.4 Å². The van der Waals surface area contributed by atoms with Crippen molar-refractivity contribution >= 4 is 33.4 Å². The molecule has 3 aliphatic rings. The van der Waals surface area contributed by atoms with Gasteiger partial charge in [-0.25, -0.2) is 13.2 Å². The Morgan fingerprint density at radius 2 is 1.96 bits per heavy atom.